The molecule has 0 bridgehead atoms. The number of fused-ring (bicyclic) bond motifs is 1. The maximum Gasteiger partial charge on any atom is 0.263 e. The Morgan fingerprint density at radius 2 is 2.17 bits per heavy atom. The van der Waals surface area contributed by atoms with Gasteiger partial charge in [0.05, 0.1) is 5.69 Å². The van der Waals surface area contributed by atoms with Crippen LogP contribution in [0.4, 0.5) is 5.69 Å². The second kappa shape index (κ2) is 4.06. The Morgan fingerprint density at radius 3 is 2.89 bits per heavy atom. The molecule has 0 saturated carbocycles. The molecule has 2 N–H and O–H groups in total. The highest BCUT2D eigenvalue weighted by Crippen LogP contribution is 2.30. The highest BCUT2D eigenvalue weighted by molar-refractivity contribution is 7.99. The molecule has 1 aromatic carbocycles. The van der Waals surface area contributed by atoms with Crippen molar-refractivity contribution in [3.8, 4) is 0 Å². The third-order valence-corrected chi connectivity index (χ3v) is 3.48. The lowest BCUT2D eigenvalue weighted by Crippen LogP contribution is -1.91. The maximum atomic E-state index is 5.70. The number of aromatic nitrogens is 3. The van der Waals surface area contributed by atoms with Crippen LogP contribution in [0, 0.1) is 6.92 Å². The van der Waals surface area contributed by atoms with Crippen LogP contribution in [0.1, 0.15) is 5.69 Å². The van der Waals surface area contributed by atoms with Crippen LogP contribution in [0.2, 0.25) is 0 Å². The average molecular weight is 260 g/mol. The van der Waals surface area contributed by atoms with E-state index in [1.165, 1.54) is 11.8 Å². The molecule has 3 aromatic rings. The number of nitrogen functional groups attached to an aromatic ring is 1. The van der Waals surface area contributed by atoms with E-state index >= 15 is 0 Å². The molecule has 0 fully saturated rings. The van der Waals surface area contributed by atoms with E-state index in [-0.39, 0.29) is 0 Å². The Balaban J connectivity index is 1.97. The minimum Gasteiger partial charge on any atom is -0.431 e. The second-order valence-electron chi connectivity index (χ2n) is 4.06. The zero-order valence-corrected chi connectivity index (χ0v) is 10.9. The summed E-state index contributed by atoms with van der Waals surface area (Å²) in [5.74, 6) is 0. The summed E-state index contributed by atoms with van der Waals surface area (Å²) < 4.78 is 7.46. The van der Waals surface area contributed by atoms with Crippen molar-refractivity contribution in [3.63, 3.8) is 0 Å². The predicted molar refractivity (Wildman–Crippen MR) is 70.5 cm³/mol. The summed E-state index contributed by atoms with van der Waals surface area (Å²) in [7, 11) is 1.90. The first-order valence-electron chi connectivity index (χ1n) is 5.46. The number of oxazole rings is 1. The maximum absolute atomic E-state index is 5.70. The van der Waals surface area contributed by atoms with Gasteiger partial charge in [0.1, 0.15) is 10.5 Å². The van der Waals surface area contributed by atoms with E-state index in [1.54, 1.807) is 6.07 Å². The minimum absolute atomic E-state index is 0.596. The Morgan fingerprint density at radius 1 is 1.33 bits per heavy atom. The molecular formula is C12H12N4OS. The Bertz CT molecular complexity index is 716. The monoisotopic (exact) mass is 260 g/mol. The van der Waals surface area contributed by atoms with Crippen LogP contribution in [0.25, 0.3) is 11.1 Å². The van der Waals surface area contributed by atoms with Gasteiger partial charge in [-0.15, -0.1) is 0 Å². The standard InChI is InChI=1S/C12H12N4OS/c1-7-5-11(16(2)15-7)18-12-14-9-4-3-8(13)6-10(9)17-12/h3-6H,13H2,1-2H3. The Labute approximate surface area is 108 Å². The predicted octanol–water partition coefficient (Wildman–Crippen LogP) is 2.60. The molecule has 92 valence electrons. The summed E-state index contributed by atoms with van der Waals surface area (Å²) in [4.78, 5) is 4.40. The molecule has 0 aliphatic rings. The zero-order valence-electron chi connectivity index (χ0n) is 10.0. The van der Waals surface area contributed by atoms with E-state index in [9.17, 15) is 0 Å². The van der Waals surface area contributed by atoms with E-state index in [0.29, 0.717) is 16.5 Å². The molecule has 0 radical (unpaired) electrons. The minimum atomic E-state index is 0.596. The molecule has 0 saturated heterocycles. The van der Waals surface area contributed by atoms with Crippen LogP contribution < -0.4 is 5.73 Å². The number of aryl methyl sites for hydroxylation is 2. The summed E-state index contributed by atoms with van der Waals surface area (Å²) >= 11 is 1.45. The fourth-order valence-electron chi connectivity index (χ4n) is 1.74. The molecule has 0 unspecified atom stereocenters. The first kappa shape index (κ1) is 11.2. The fraction of sp³-hybridized carbons (Fsp3) is 0.167. The zero-order chi connectivity index (χ0) is 12.7. The van der Waals surface area contributed by atoms with Gasteiger partial charge in [-0.05, 0) is 36.9 Å². The Hall–Kier alpha value is -1.95. The van der Waals surface area contributed by atoms with Gasteiger partial charge in [0.25, 0.3) is 5.22 Å². The van der Waals surface area contributed by atoms with Crippen molar-refractivity contribution in [2.24, 2.45) is 7.05 Å². The summed E-state index contributed by atoms with van der Waals surface area (Å²) in [6.45, 7) is 1.96. The molecule has 0 atom stereocenters. The summed E-state index contributed by atoms with van der Waals surface area (Å²) in [5, 5.41) is 5.87. The quantitative estimate of drug-likeness (QED) is 0.717. The first-order chi connectivity index (χ1) is 8.61. The van der Waals surface area contributed by atoms with Gasteiger partial charge in [-0.3, -0.25) is 4.68 Å². The lowest BCUT2D eigenvalue weighted by atomic mass is 10.3. The summed E-state index contributed by atoms with van der Waals surface area (Å²) in [6.07, 6.45) is 0. The van der Waals surface area contributed by atoms with Gasteiger partial charge < -0.3 is 10.2 Å². The number of rotatable bonds is 2. The van der Waals surface area contributed by atoms with Crippen molar-refractivity contribution in [1.29, 1.82) is 0 Å². The van der Waals surface area contributed by atoms with Crippen molar-refractivity contribution in [2.45, 2.75) is 17.2 Å². The van der Waals surface area contributed by atoms with Crippen molar-refractivity contribution < 1.29 is 4.42 Å². The summed E-state index contributed by atoms with van der Waals surface area (Å²) in [5.41, 5.74) is 8.87. The molecule has 3 rings (SSSR count). The largest absolute Gasteiger partial charge is 0.431 e. The Kier molecular flexibility index (Phi) is 2.52. The van der Waals surface area contributed by atoms with Crippen molar-refractivity contribution in [2.75, 3.05) is 5.73 Å². The van der Waals surface area contributed by atoms with Crippen LogP contribution in [0.5, 0.6) is 0 Å². The third-order valence-electron chi connectivity index (χ3n) is 2.54. The van der Waals surface area contributed by atoms with Gasteiger partial charge in [-0.25, -0.2) is 4.98 Å². The van der Waals surface area contributed by atoms with Crippen LogP contribution in [-0.2, 0) is 7.05 Å². The average Bonchev–Trinajstić information content (AvgIpc) is 2.82. The molecule has 18 heavy (non-hydrogen) atoms. The van der Waals surface area contributed by atoms with Gasteiger partial charge in [0.2, 0.25) is 0 Å². The van der Waals surface area contributed by atoms with Crippen LogP contribution >= 0.6 is 11.8 Å². The smallest absolute Gasteiger partial charge is 0.263 e. The number of hydrogen-bond acceptors (Lipinski definition) is 5. The van der Waals surface area contributed by atoms with Gasteiger partial charge >= 0.3 is 0 Å². The highest BCUT2D eigenvalue weighted by Gasteiger charge is 2.10. The topological polar surface area (TPSA) is 69.9 Å². The molecule has 0 aliphatic heterocycles. The van der Waals surface area contributed by atoms with Crippen molar-refractivity contribution in [3.05, 3.63) is 30.0 Å². The number of anilines is 1. The van der Waals surface area contributed by atoms with E-state index in [1.807, 2.05) is 36.9 Å². The lowest BCUT2D eigenvalue weighted by molar-refractivity contribution is 0.488. The second-order valence-corrected chi connectivity index (χ2v) is 5.03. The van der Waals surface area contributed by atoms with Gasteiger partial charge in [0.15, 0.2) is 5.58 Å². The molecule has 6 heteroatoms. The molecule has 2 aromatic heterocycles. The van der Waals surface area contributed by atoms with Gasteiger partial charge in [-0.2, -0.15) is 5.10 Å². The highest BCUT2D eigenvalue weighted by atomic mass is 32.2. The van der Waals surface area contributed by atoms with Crippen LogP contribution in [-0.4, -0.2) is 14.8 Å². The number of nitrogens with zero attached hydrogens (tertiary/aromatic N) is 3. The first-order valence-corrected chi connectivity index (χ1v) is 6.28. The van der Waals surface area contributed by atoms with E-state index in [4.69, 9.17) is 10.2 Å². The molecule has 0 amide bonds. The lowest BCUT2D eigenvalue weighted by Gasteiger charge is -1.95. The number of nitrogens with two attached hydrogens (primary N) is 1. The van der Waals surface area contributed by atoms with E-state index < -0.39 is 0 Å². The van der Waals surface area contributed by atoms with E-state index in [0.717, 1.165) is 16.2 Å². The molecule has 2 heterocycles. The number of hydrogen-bond donors (Lipinski definition) is 1. The fourth-order valence-corrected chi connectivity index (χ4v) is 2.59. The molecule has 0 spiro atoms. The van der Waals surface area contributed by atoms with Gasteiger partial charge in [0, 0.05) is 18.8 Å². The molecular weight excluding hydrogens is 248 g/mol. The van der Waals surface area contributed by atoms with Crippen LogP contribution in [0.3, 0.4) is 0 Å². The van der Waals surface area contributed by atoms with Crippen molar-refractivity contribution >= 4 is 28.5 Å². The van der Waals surface area contributed by atoms with E-state index in [2.05, 4.69) is 10.1 Å². The SMILES string of the molecule is Cc1cc(Sc2nc3ccc(N)cc3o2)n(C)n1. The third kappa shape index (κ3) is 1.95. The van der Waals surface area contributed by atoms with Crippen LogP contribution in [0.15, 0.2) is 38.9 Å². The summed E-state index contributed by atoms with van der Waals surface area (Å²) in [6, 6.07) is 7.44. The van der Waals surface area contributed by atoms with Gasteiger partial charge in [-0.1, -0.05) is 0 Å². The molecule has 5 nitrogen and oxygen atoms in total. The normalized spacial score (nSPS) is 11.2. The number of benzene rings is 1. The van der Waals surface area contributed by atoms with Crippen molar-refractivity contribution in [1.82, 2.24) is 14.8 Å². The molecule has 0 aliphatic carbocycles.